The molecule has 2 rings (SSSR count). The third kappa shape index (κ3) is 4.19. The highest BCUT2D eigenvalue weighted by Gasteiger charge is 2.41. The maximum Gasteiger partial charge on any atom is 0.329 e. The van der Waals surface area contributed by atoms with Crippen LogP contribution in [0.25, 0.3) is 0 Å². The highest BCUT2D eigenvalue weighted by Crippen LogP contribution is 2.20. The van der Waals surface area contributed by atoms with Gasteiger partial charge in [-0.15, -0.1) is 0 Å². The molecule has 8 nitrogen and oxygen atoms in total. The molecule has 0 atom stereocenters. The van der Waals surface area contributed by atoms with Gasteiger partial charge >= 0.3 is 12.0 Å². The molecular formula is C13H20N4O4. The maximum absolute atomic E-state index is 11.8. The van der Waals surface area contributed by atoms with Gasteiger partial charge in [-0.2, -0.15) is 0 Å². The Labute approximate surface area is 122 Å². The van der Waals surface area contributed by atoms with Crippen LogP contribution < -0.4 is 10.6 Å². The molecule has 116 valence electrons. The fourth-order valence-electron chi connectivity index (χ4n) is 2.27. The van der Waals surface area contributed by atoms with Gasteiger partial charge in [-0.25, -0.2) is 14.6 Å². The Morgan fingerprint density at radius 2 is 2.19 bits per heavy atom. The van der Waals surface area contributed by atoms with E-state index in [9.17, 15) is 14.7 Å². The fourth-order valence-corrected chi connectivity index (χ4v) is 2.27. The molecule has 2 heterocycles. The SMILES string of the molecule is O=C(NCCCc1ncc[nH]1)NC1(C(=O)O)CCOCC1. The van der Waals surface area contributed by atoms with Crippen LogP contribution in [0, 0.1) is 0 Å². The Balaban J connectivity index is 1.73. The van der Waals surface area contributed by atoms with Crippen molar-refractivity contribution in [3.05, 3.63) is 18.2 Å². The van der Waals surface area contributed by atoms with E-state index in [1.54, 1.807) is 12.4 Å². The maximum atomic E-state index is 11.8. The minimum absolute atomic E-state index is 0.280. The third-order valence-electron chi connectivity index (χ3n) is 3.54. The number of carboxylic acid groups (broad SMARTS) is 1. The first-order valence-corrected chi connectivity index (χ1v) is 6.98. The van der Waals surface area contributed by atoms with Crippen molar-refractivity contribution in [3.8, 4) is 0 Å². The van der Waals surface area contributed by atoms with E-state index in [4.69, 9.17) is 4.74 Å². The van der Waals surface area contributed by atoms with E-state index in [-0.39, 0.29) is 12.8 Å². The van der Waals surface area contributed by atoms with Crippen molar-refractivity contribution in [1.82, 2.24) is 20.6 Å². The number of rotatable bonds is 6. The summed E-state index contributed by atoms with van der Waals surface area (Å²) in [7, 11) is 0. The molecule has 1 fully saturated rings. The summed E-state index contributed by atoms with van der Waals surface area (Å²) in [5.74, 6) is -0.153. The normalized spacial score (nSPS) is 17.1. The number of imidazole rings is 1. The number of carboxylic acids is 1. The molecule has 0 radical (unpaired) electrons. The number of aromatic amines is 1. The van der Waals surface area contributed by atoms with E-state index < -0.39 is 17.5 Å². The van der Waals surface area contributed by atoms with Crippen molar-refractivity contribution < 1.29 is 19.4 Å². The lowest BCUT2D eigenvalue weighted by Gasteiger charge is -2.33. The minimum Gasteiger partial charge on any atom is -0.480 e. The molecule has 1 saturated heterocycles. The molecule has 0 saturated carbocycles. The number of amides is 2. The van der Waals surface area contributed by atoms with Gasteiger partial charge in [0.1, 0.15) is 11.4 Å². The summed E-state index contributed by atoms with van der Waals surface area (Å²) in [4.78, 5) is 30.3. The molecule has 0 aliphatic carbocycles. The molecular weight excluding hydrogens is 276 g/mol. The monoisotopic (exact) mass is 296 g/mol. The van der Waals surface area contributed by atoms with Gasteiger partial charge in [0, 0.05) is 51.4 Å². The number of urea groups is 1. The smallest absolute Gasteiger partial charge is 0.329 e. The summed E-state index contributed by atoms with van der Waals surface area (Å²) in [5.41, 5.74) is -1.22. The fraction of sp³-hybridized carbons (Fsp3) is 0.615. The van der Waals surface area contributed by atoms with E-state index in [0.29, 0.717) is 19.8 Å². The van der Waals surface area contributed by atoms with Gasteiger partial charge in [-0.1, -0.05) is 0 Å². The van der Waals surface area contributed by atoms with Gasteiger partial charge in [0.2, 0.25) is 0 Å². The van der Waals surface area contributed by atoms with Crippen molar-refractivity contribution in [3.63, 3.8) is 0 Å². The average Bonchev–Trinajstić information content (AvgIpc) is 2.98. The van der Waals surface area contributed by atoms with E-state index >= 15 is 0 Å². The molecule has 4 N–H and O–H groups in total. The van der Waals surface area contributed by atoms with Gasteiger partial charge in [0.15, 0.2) is 0 Å². The van der Waals surface area contributed by atoms with Crippen molar-refractivity contribution in [2.45, 2.75) is 31.2 Å². The van der Waals surface area contributed by atoms with E-state index in [0.717, 1.165) is 18.7 Å². The van der Waals surface area contributed by atoms with Crippen LogP contribution in [0.5, 0.6) is 0 Å². The van der Waals surface area contributed by atoms with Crippen LogP contribution in [-0.4, -0.2) is 52.4 Å². The molecule has 0 unspecified atom stereocenters. The zero-order chi connectivity index (χ0) is 15.1. The predicted octanol–water partition coefficient (Wildman–Crippen LogP) is 0.275. The first-order valence-electron chi connectivity index (χ1n) is 6.98. The molecule has 1 aromatic heterocycles. The van der Waals surface area contributed by atoms with E-state index in [2.05, 4.69) is 20.6 Å². The Morgan fingerprint density at radius 3 is 2.81 bits per heavy atom. The third-order valence-corrected chi connectivity index (χ3v) is 3.54. The standard InChI is InChI=1S/C13H20N4O4/c18-11(19)13(3-8-21-9-4-13)17-12(20)16-5-1-2-10-14-6-7-15-10/h6-7H,1-5,8-9H2,(H,14,15)(H,18,19)(H2,16,17,20). The number of aryl methyl sites for hydroxylation is 1. The number of hydrogen-bond donors (Lipinski definition) is 4. The molecule has 21 heavy (non-hydrogen) atoms. The lowest BCUT2D eigenvalue weighted by atomic mass is 9.90. The van der Waals surface area contributed by atoms with Gasteiger partial charge in [-0.05, 0) is 6.42 Å². The first kappa shape index (κ1) is 15.3. The largest absolute Gasteiger partial charge is 0.480 e. The summed E-state index contributed by atoms with van der Waals surface area (Å²) in [6, 6.07) is -0.459. The highest BCUT2D eigenvalue weighted by molar-refractivity contribution is 5.86. The number of ether oxygens (including phenoxy) is 1. The second kappa shape index (κ2) is 7.07. The number of aromatic nitrogens is 2. The number of hydrogen-bond acceptors (Lipinski definition) is 4. The average molecular weight is 296 g/mol. The molecule has 0 spiro atoms. The summed E-state index contributed by atoms with van der Waals surface area (Å²) in [6.07, 6.45) is 5.44. The summed E-state index contributed by atoms with van der Waals surface area (Å²) < 4.78 is 5.15. The Hall–Kier alpha value is -2.09. The van der Waals surface area contributed by atoms with Crippen molar-refractivity contribution in [2.75, 3.05) is 19.8 Å². The van der Waals surface area contributed by atoms with Gasteiger partial charge < -0.3 is 25.5 Å². The second-order valence-corrected chi connectivity index (χ2v) is 5.02. The lowest BCUT2D eigenvalue weighted by molar-refractivity contribution is -0.148. The molecule has 1 aromatic rings. The molecule has 0 bridgehead atoms. The van der Waals surface area contributed by atoms with Gasteiger partial charge in [-0.3, -0.25) is 0 Å². The quantitative estimate of drug-likeness (QED) is 0.562. The van der Waals surface area contributed by atoms with Crippen LogP contribution in [0.1, 0.15) is 25.1 Å². The number of carbonyl (C=O) groups is 2. The molecule has 1 aliphatic heterocycles. The lowest BCUT2D eigenvalue weighted by Crippen LogP contribution is -2.59. The van der Waals surface area contributed by atoms with Crippen LogP contribution in [-0.2, 0) is 16.0 Å². The summed E-state index contributed by atoms with van der Waals surface area (Å²) >= 11 is 0. The molecule has 0 aromatic carbocycles. The zero-order valence-electron chi connectivity index (χ0n) is 11.7. The summed E-state index contributed by atoms with van der Waals surface area (Å²) in [5, 5.41) is 14.6. The van der Waals surface area contributed by atoms with E-state index in [1.807, 2.05) is 0 Å². The minimum atomic E-state index is -1.22. The molecule has 1 aliphatic rings. The van der Waals surface area contributed by atoms with E-state index in [1.165, 1.54) is 0 Å². The van der Waals surface area contributed by atoms with Crippen LogP contribution >= 0.6 is 0 Å². The Bertz CT molecular complexity index is 469. The molecule has 2 amide bonds. The number of nitrogens with zero attached hydrogens (tertiary/aromatic N) is 1. The Morgan fingerprint density at radius 1 is 1.43 bits per heavy atom. The Kier molecular flexibility index (Phi) is 5.15. The summed E-state index contributed by atoms with van der Waals surface area (Å²) in [6.45, 7) is 1.13. The van der Waals surface area contributed by atoms with Crippen LogP contribution in [0.4, 0.5) is 4.79 Å². The van der Waals surface area contributed by atoms with Crippen LogP contribution in [0.15, 0.2) is 12.4 Å². The topological polar surface area (TPSA) is 116 Å². The van der Waals surface area contributed by atoms with Crippen LogP contribution in [0.2, 0.25) is 0 Å². The van der Waals surface area contributed by atoms with Crippen molar-refractivity contribution in [1.29, 1.82) is 0 Å². The van der Waals surface area contributed by atoms with Crippen molar-refractivity contribution in [2.24, 2.45) is 0 Å². The number of H-pyrrole nitrogens is 1. The second-order valence-electron chi connectivity index (χ2n) is 5.02. The first-order chi connectivity index (χ1) is 10.1. The number of nitrogens with one attached hydrogen (secondary N) is 3. The van der Waals surface area contributed by atoms with Crippen LogP contribution in [0.3, 0.4) is 0 Å². The zero-order valence-corrected chi connectivity index (χ0v) is 11.7. The van der Waals surface area contributed by atoms with Gasteiger partial charge in [0.05, 0.1) is 0 Å². The highest BCUT2D eigenvalue weighted by atomic mass is 16.5. The van der Waals surface area contributed by atoms with Gasteiger partial charge in [0.25, 0.3) is 0 Å². The number of carbonyl (C=O) groups excluding carboxylic acids is 1. The predicted molar refractivity (Wildman–Crippen MR) is 73.9 cm³/mol. The number of aliphatic carboxylic acids is 1. The molecule has 8 heteroatoms. The van der Waals surface area contributed by atoms with Crippen molar-refractivity contribution >= 4 is 12.0 Å².